The van der Waals surface area contributed by atoms with Crippen molar-refractivity contribution in [2.24, 2.45) is 0 Å². The molecule has 0 aliphatic carbocycles. The average molecular weight is 373 g/mol. The van der Waals surface area contributed by atoms with Gasteiger partial charge in [0.05, 0.1) is 12.6 Å². The van der Waals surface area contributed by atoms with Gasteiger partial charge in [-0.2, -0.15) is 0 Å². The summed E-state index contributed by atoms with van der Waals surface area (Å²) in [6.07, 6.45) is 6.93. The van der Waals surface area contributed by atoms with Crippen molar-refractivity contribution in [3.8, 4) is 0 Å². The van der Waals surface area contributed by atoms with E-state index in [-0.39, 0.29) is 24.4 Å². The molecule has 1 aromatic carbocycles. The second kappa shape index (κ2) is 9.22. The molecule has 2 fully saturated rings. The van der Waals surface area contributed by atoms with Crippen molar-refractivity contribution in [3.63, 3.8) is 0 Å². The minimum atomic E-state index is -0.170. The first-order valence-corrected chi connectivity index (χ1v) is 10.1. The lowest BCUT2D eigenvalue weighted by Crippen LogP contribution is -2.45. The highest BCUT2D eigenvalue weighted by Gasteiger charge is 2.32. The predicted molar refractivity (Wildman–Crippen MR) is 109 cm³/mol. The predicted octanol–water partition coefficient (Wildman–Crippen LogP) is 2.56. The van der Waals surface area contributed by atoms with Crippen molar-refractivity contribution in [2.75, 3.05) is 50.5 Å². The van der Waals surface area contributed by atoms with Gasteiger partial charge in [0.15, 0.2) is 0 Å². The zero-order valence-corrected chi connectivity index (χ0v) is 16.6. The monoisotopic (exact) mass is 372 g/mol. The molecule has 2 aliphatic rings. The maximum Gasteiger partial charge on any atom is 0.239 e. The largest absolute Gasteiger partial charge is 0.372 e. The molecule has 0 bridgehead atoms. The van der Waals surface area contributed by atoms with Crippen molar-refractivity contribution < 1.29 is 9.59 Å². The van der Waals surface area contributed by atoms with Crippen molar-refractivity contribution >= 4 is 23.2 Å². The first-order valence-electron chi connectivity index (χ1n) is 10.1. The topological polar surface area (TPSA) is 55.9 Å². The Morgan fingerprint density at radius 3 is 2.30 bits per heavy atom. The van der Waals surface area contributed by atoms with Gasteiger partial charge in [-0.3, -0.25) is 14.5 Å². The molecular formula is C21H32N4O2. The number of hydrogen-bond donors (Lipinski definition) is 1. The average Bonchev–Trinajstić information content (AvgIpc) is 2.93. The van der Waals surface area contributed by atoms with Gasteiger partial charge in [-0.25, -0.2) is 0 Å². The molecule has 1 aromatic rings. The third-order valence-electron chi connectivity index (χ3n) is 5.56. The molecule has 0 unspecified atom stereocenters. The number of likely N-dealkylation sites (N-methyl/N-ethyl adjacent to an activating group) is 1. The third-order valence-corrected chi connectivity index (χ3v) is 5.56. The van der Waals surface area contributed by atoms with Crippen LogP contribution in [0.2, 0.25) is 0 Å². The summed E-state index contributed by atoms with van der Waals surface area (Å²) in [5.74, 6) is 0.0260. The summed E-state index contributed by atoms with van der Waals surface area (Å²) in [5, 5.41) is 2.98. The van der Waals surface area contributed by atoms with Gasteiger partial charge in [-0.1, -0.05) is 12.8 Å². The minimum absolute atomic E-state index is 0.0593. The van der Waals surface area contributed by atoms with Gasteiger partial charge in [0, 0.05) is 38.6 Å². The number of benzene rings is 1. The van der Waals surface area contributed by atoms with E-state index in [1.54, 1.807) is 19.0 Å². The van der Waals surface area contributed by atoms with Crippen LogP contribution in [0.5, 0.6) is 0 Å². The molecule has 0 spiro atoms. The molecule has 2 heterocycles. The Hall–Kier alpha value is -2.08. The molecule has 148 valence electrons. The molecule has 1 N–H and O–H groups in total. The number of hydrogen-bond acceptors (Lipinski definition) is 4. The molecule has 0 radical (unpaired) electrons. The van der Waals surface area contributed by atoms with Crippen LogP contribution >= 0.6 is 0 Å². The van der Waals surface area contributed by atoms with Gasteiger partial charge >= 0.3 is 0 Å². The fraction of sp³-hybridized carbons (Fsp3) is 0.619. The van der Waals surface area contributed by atoms with E-state index in [0.717, 1.165) is 38.2 Å². The summed E-state index contributed by atoms with van der Waals surface area (Å²) in [5.41, 5.74) is 2.04. The van der Waals surface area contributed by atoms with Crippen LogP contribution in [-0.4, -0.2) is 67.9 Å². The van der Waals surface area contributed by atoms with Gasteiger partial charge in [0.2, 0.25) is 11.8 Å². The molecule has 3 rings (SSSR count). The lowest BCUT2D eigenvalue weighted by atomic mass is 10.2. The Kier molecular flexibility index (Phi) is 6.72. The van der Waals surface area contributed by atoms with E-state index in [0.29, 0.717) is 0 Å². The summed E-state index contributed by atoms with van der Waals surface area (Å²) < 4.78 is 0. The van der Waals surface area contributed by atoms with Crippen LogP contribution in [0.3, 0.4) is 0 Å². The molecule has 27 heavy (non-hydrogen) atoms. The zero-order chi connectivity index (χ0) is 19.2. The zero-order valence-electron chi connectivity index (χ0n) is 16.6. The molecule has 6 nitrogen and oxygen atoms in total. The fourth-order valence-electron chi connectivity index (χ4n) is 4.06. The third kappa shape index (κ3) is 5.22. The number of rotatable bonds is 5. The maximum absolute atomic E-state index is 12.5. The number of anilines is 2. The Morgan fingerprint density at radius 2 is 1.67 bits per heavy atom. The smallest absolute Gasteiger partial charge is 0.239 e. The van der Waals surface area contributed by atoms with Crippen LogP contribution < -0.4 is 10.2 Å². The van der Waals surface area contributed by atoms with E-state index >= 15 is 0 Å². The summed E-state index contributed by atoms with van der Waals surface area (Å²) in [4.78, 5) is 30.7. The fourth-order valence-corrected chi connectivity index (χ4v) is 4.06. The molecule has 2 aliphatic heterocycles. The molecular weight excluding hydrogens is 340 g/mol. The van der Waals surface area contributed by atoms with Crippen LogP contribution in [0, 0.1) is 0 Å². The van der Waals surface area contributed by atoms with Gasteiger partial charge in [0.25, 0.3) is 0 Å². The highest BCUT2D eigenvalue weighted by molar-refractivity contribution is 5.93. The molecule has 1 atom stereocenters. The van der Waals surface area contributed by atoms with Crippen LogP contribution in [0.15, 0.2) is 24.3 Å². The molecule has 0 saturated carbocycles. The summed E-state index contributed by atoms with van der Waals surface area (Å²) in [7, 11) is 3.54. The van der Waals surface area contributed by atoms with Crippen LogP contribution in [0.1, 0.15) is 38.5 Å². The maximum atomic E-state index is 12.5. The normalized spacial score (nSPS) is 21.0. The number of carbonyl (C=O) groups excluding carboxylic acids is 2. The lowest BCUT2D eigenvalue weighted by Gasteiger charge is -2.25. The van der Waals surface area contributed by atoms with E-state index in [9.17, 15) is 9.59 Å². The van der Waals surface area contributed by atoms with E-state index in [1.807, 2.05) is 17.0 Å². The standard InChI is InChI=1S/C21H32N4O2/c1-23(2)21(27)19-8-7-15-25(19)16-20(26)22-17-9-11-18(12-10-17)24-13-5-3-4-6-14-24/h9-12,19H,3-8,13-16H2,1-2H3,(H,22,26)/t19-/m1/s1. The van der Waals surface area contributed by atoms with Crippen molar-refractivity contribution in [1.82, 2.24) is 9.80 Å². The Bertz CT molecular complexity index is 636. The van der Waals surface area contributed by atoms with Gasteiger partial charge < -0.3 is 15.1 Å². The first kappa shape index (κ1) is 19.7. The Morgan fingerprint density at radius 1 is 1.00 bits per heavy atom. The van der Waals surface area contributed by atoms with Crippen molar-refractivity contribution in [2.45, 2.75) is 44.6 Å². The highest BCUT2D eigenvalue weighted by atomic mass is 16.2. The lowest BCUT2D eigenvalue weighted by molar-refractivity contribution is -0.133. The quantitative estimate of drug-likeness (QED) is 0.863. The van der Waals surface area contributed by atoms with Gasteiger partial charge in [-0.15, -0.1) is 0 Å². The Labute approximate surface area is 162 Å². The number of amides is 2. The second-order valence-corrected chi connectivity index (χ2v) is 7.86. The highest BCUT2D eigenvalue weighted by Crippen LogP contribution is 2.22. The van der Waals surface area contributed by atoms with E-state index in [4.69, 9.17) is 0 Å². The van der Waals surface area contributed by atoms with Crippen LogP contribution in [0.4, 0.5) is 11.4 Å². The molecule has 6 heteroatoms. The van der Waals surface area contributed by atoms with Crippen LogP contribution in [-0.2, 0) is 9.59 Å². The van der Waals surface area contributed by atoms with Crippen molar-refractivity contribution in [1.29, 1.82) is 0 Å². The number of carbonyl (C=O) groups is 2. The second-order valence-electron chi connectivity index (χ2n) is 7.86. The van der Waals surface area contributed by atoms with Gasteiger partial charge in [-0.05, 0) is 56.5 Å². The van der Waals surface area contributed by atoms with Crippen LogP contribution in [0.25, 0.3) is 0 Å². The number of nitrogens with zero attached hydrogens (tertiary/aromatic N) is 3. The van der Waals surface area contributed by atoms with E-state index in [2.05, 4.69) is 22.3 Å². The number of nitrogens with one attached hydrogen (secondary N) is 1. The van der Waals surface area contributed by atoms with E-state index in [1.165, 1.54) is 31.4 Å². The minimum Gasteiger partial charge on any atom is -0.372 e. The molecule has 2 amide bonds. The van der Waals surface area contributed by atoms with Gasteiger partial charge in [0.1, 0.15) is 0 Å². The van der Waals surface area contributed by atoms with Crippen molar-refractivity contribution in [3.05, 3.63) is 24.3 Å². The molecule has 2 saturated heterocycles. The SMILES string of the molecule is CN(C)C(=O)[C@H]1CCCN1CC(=O)Nc1ccc(N2CCCCCC2)cc1. The summed E-state index contributed by atoms with van der Waals surface area (Å²) >= 11 is 0. The summed E-state index contributed by atoms with van der Waals surface area (Å²) in [6.45, 7) is 3.29. The number of likely N-dealkylation sites (tertiary alicyclic amines) is 1. The summed E-state index contributed by atoms with van der Waals surface area (Å²) in [6, 6.07) is 7.97. The Balaban J connectivity index is 1.54. The molecule has 0 aromatic heterocycles. The van der Waals surface area contributed by atoms with E-state index < -0.39 is 0 Å². The first-order chi connectivity index (χ1) is 13.0.